The van der Waals surface area contributed by atoms with Gasteiger partial charge in [0.15, 0.2) is 5.96 Å². The molecule has 2 N–H and O–H groups in total. The average Bonchev–Trinajstić information content (AvgIpc) is 3.10. The van der Waals surface area contributed by atoms with Gasteiger partial charge in [-0.3, -0.25) is 0 Å². The summed E-state index contributed by atoms with van der Waals surface area (Å²) in [4.78, 5) is 8.95. The Bertz CT molecular complexity index is 478. The Morgan fingerprint density at radius 3 is 2.88 bits per heavy atom. The van der Waals surface area contributed by atoms with Crippen LogP contribution in [-0.2, 0) is 6.54 Å². The summed E-state index contributed by atoms with van der Waals surface area (Å²) >= 11 is 2.06. The van der Waals surface area contributed by atoms with Crippen LogP contribution in [0.4, 0.5) is 0 Å². The Balaban J connectivity index is 0.00000288. The minimum Gasteiger partial charge on any atom is -0.478 e. The molecule has 136 valence electrons. The molecule has 7 heteroatoms. The normalized spacial score (nSPS) is 17.2. The van der Waals surface area contributed by atoms with Gasteiger partial charge in [0.05, 0.1) is 13.2 Å². The predicted molar refractivity (Wildman–Crippen MR) is 114 cm³/mol. The zero-order valence-electron chi connectivity index (χ0n) is 14.6. The standard InChI is InChI=1S/C17H28N4OS.HI/c1-3-9-22-16-8-7-14(11-19-16)12-20-17(18-4-2)21-13-15-6-5-10-23-15;/h7-8,11,15H,3-6,9-10,12-13H2,1-2H3,(H2,18,20,21);1H. The zero-order valence-corrected chi connectivity index (χ0v) is 17.7. The first-order valence-corrected chi connectivity index (χ1v) is 9.58. The first-order valence-electron chi connectivity index (χ1n) is 8.53. The fraction of sp³-hybridized carbons (Fsp3) is 0.647. The van der Waals surface area contributed by atoms with E-state index >= 15 is 0 Å². The Hall–Kier alpha value is -0.700. The molecule has 1 aliphatic rings. The van der Waals surface area contributed by atoms with E-state index in [2.05, 4.69) is 46.2 Å². The lowest BCUT2D eigenvalue weighted by Crippen LogP contribution is -2.40. The number of halogens is 1. The molecule has 0 aliphatic carbocycles. The summed E-state index contributed by atoms with van der Waals surface area (Å²) in [5.74, 6) is 2.85. The molecular formula is C17H29IN4OS. The summed E-state index contributed by atoms with van der Waals surface area (Å²) in [6.07, 6.45) is 5.47. The molecule has 1 saturated heterocycles. The van der Waals surface area contributed by atoms with Crippen LogP contribution in [-0.4, -0.2) is 41.6 Å². The molecule has 2 rings (SSSR count). The highest BCUT2D eigenvalue weighted by atomic mass is 127. The molecule has 0 saturated carbocycles. The number of hydrogen-bond acceptors (Lipinski definition) is 4. The maximum atomic E-state index is 5.50. The second-order valence-corrected chi connectivity index (χ2v) is 6.97. The molecule has 24 heavy (non-hydrogen) atoms. The minimum absolute atomic E-state index is 0. The lowest BCUT2D eigenvalue weighted by atomic mass is 10.2. The summed E-state index contributed by atoms with van der Waals surface area (Å²) in [6, 6.07) is 3.94. The Kier molecular flexibility index (Phi) is 11.2. The van der Waals surface area contributed by atoms with Crippen molar-refractivity contribution in [3.63, 3.8) is 0 Å². The minimum atomic E-state index is 0. The summed E-state index contributed by atoms with van der Waals surface area (Å²) < 4.78 is 5.50. The Labute approximate surface area is 166 Å². The molecular weight excluding hydrogens is 435 g/mol. The van der Waals surface area contributed by atoms with Crippen molar-refractivity contribution in [2.24, 2.45) is 4.99 Å². The maximum absolute atomic E-state index is 5.50. The molecule has 1 unspecified atom stereocenters. The number of guanidine groups is 1. The molecule has 1 aromatic rings. The Morgan fingerprint density at radius 1 is 1.38 bits per heavy atom. The van der Waals surface area contributed by atoms with Crippen LogP contribution < -0.4 is 15.4 Å². The number of pyridine rings is 1. The fourth-order valence-corrected chi connectivity index (χ4v) is 3.53. The van der Waals surface area contributed by atoms with Gasteiger partial charge >= 0.3 is 0 Å². The molecule has 0 spiro atoms. The molecule has 1 aromatic heterocycles. The predicted octanol–water partition coefficient (Wildman–Crippen LogP) is 3.44. The molecule has 0 amide bonds. The third-order valence-electron chi connectivity index (χ3n) is 3.54. The van der Waals surface area contributed by atoms with Gasteiger partial charge < -0.3 is 15.4 Å². The van der Waals surface area contributed by atoms with E-state index in [1.165, 1.54) is 18.6 Å². The van der Waals surface area contributed by atoms with E-state index in [-0.39, 0.29) is 24.0 Å². The van der Waals surface area contributed by atoms with E-state index in [1.807, 2.05) is 18.3 Å². The smallest absolute Gasteiger partial charge is 0.213 e. The molecule has 0 bridgehead atoms. The third-order valence-corrected chi connectivity index (χ3v) is 4.93. The largest absolute Gasteiger partial charge is 0.478 e. The number of aliphatic imine (C=N–C) groups is 1. The molecule has 5 nitrogen and oxygen atoms in total. The van der Waals surface area contributed by atoms with Crippen molar-refractivity contribution in [2.75, 3.05) is 25.4 Å². The van der Waals surface area contributed by atoms with E-state index in [0.717, 1.165) is 36.3 Å². The van der Waals surface area contributed by atoms with E-state index in [4.69, 9.17) is 4.74 Å². The second-order valence-electron chi connectivity index (χ2n) is 5.56. The van der Waals surface area contributed by atoms with Crippen LogP contribution in [0.1, 0.15) is 38.7 Å². The van der Waals surface area contributed by atoms with E-state index in [9.17, 15) is 0 Å². The van der Waals surface area contributed by atoms with Crippen molar-refractivity contribution >= 4 is 41.7 Å². The van der Waals surface area contributed by atoms with Gasteiger partial charge in [0, 0.05) is 30.6 Å². The zero-order chi connectivity index (χ0) is 16.3. The van der Waals surface area contributed by atoms with Gasteiger partial charge in [-0.2, -0.15) is 11.8 Å². The topological polar surface area (TPSA) is 58.5 Å². The molecule has 1 atom stereocenters. The van der Waals surface area contributed by atoms with Crippen molar-refractivity contribution in [3.8, 4) is 5.88 Å². The monoisotopic (exact) mass is 464 g/mol. The van der Waals surface area contributed by atoms with Gasteiger partial charge in [-0.05, 0) is 37.5 Å². The van der Waals surface area contributed by atoms with Crippen molar-refractivity contribution in [1.82, 2.24) is 15.6 Å². The lowest BCUT2D eigenvalue weighted by Gasteiger charge is -2.14. The van der Waals surface area contributed by atoms with Crippen LogP contribution >= 0.6 is 35.7 Å². The van der Waals surface area contributed by atoms with Crippen molar-refractivity contribution in [1.29, 1.82) is 0 Å². The highest BCUT2D eigenvalue weighted by Crippen LogP contribution is 2.25. The van der Waals surface area contributed by atoms with E-state index < -0.39 is 0 Å². The molecule has 1 aliphatic heterocycles. The highest BCUT2D eigenvalue weighted by molar-refractivity contribution is 14.0. The molecule has 0 aromatic carbocycles. The van der Waals surface area contributed by atoms with Crippen LogP contribution in [0.25, 0.3) is 0 Å². The van der Waals surface area contributed by atoms with Crippen molar-refractivity contribution < 1.29 is 4.74 Å². The number of rotatable bonds is 8. The Morgan fingerprint density at radius 2 is 2.25 bits per heavy atom. The first-order chi connectivity index (χ1) is 11.3. The molecule has 1 fully saturated rings. The van der Waals surface area contributed by atoms with Crippen LogP contribution in [0.15, 0.2) is 23.3 Å². The van der Waals surface area contributed by atoms with Gasteiger partial charge in [-0.1, -0.05) is 13.0 Å². The summed E-state index contributed by atoms with van der Waals surface area (Å²) in [7, 11) is 0. The quantitative estimate of drug-likeness (QED) is 0.351. The van der Waals surface area contributed by atoms with Gasteiger partial charge in [0.1, 0.15) is 0 Å². The highest BCUT2D eigenvalue weighted by Gasteiger charge is 2.15. The lowest BCUT2D eigenvalue weighted by molar-refractivity contribution is 0.305. The van der Waals surface area contributed by atoms with E-state index in [0.29, 0.717) is 19.0 Å². The second kappa shape index (κ2) is 12.6. The fourth-order valence-electron chi connectivity index (χ4n) is 2.32. The van der Waals surface area contributed by atoms with Crippen LogP contribution in [0.3, 0.4) is 0 Å². The summed E-state index contributed by atoms with van der Waals surface area (Å²) in [5.41, 5.74) is 1.08. The van der Waals surface area contributed by atoms with Crippen LogP contribution in [0.2, 0.25) is 0 Å². The van der Waals surface area contributed by atoms with E-state index in [1.54, 1.807) is 0 Å². The van der Waals surface area contributed by atoms with Gasteiger partial charge in [-0.25, -0.2) is 9.98 Å². The van der Waals surface area contributed by atoms with Crippen LogP contribution in [0, 0.1) is 0 Å². The van der Waals surface area contributed by atoms with Crippen LogP contribution in [0.5, 0.6) is 5.88 Å². The number of thioether (sulfide) groups is 1. The van der Waals surface area contributed by atoms with Gasteiger partial charge in [-0.15, -0.1) is 24.0 Å². The van der Waals surface area contributed by atoms with Gasteiger partial charge in [0.2, 0.25) is 5.88 Å². The number of hydrogen-bond donors (Lipinski definition) is 2. The number of ether oxygens (including phenoxy) is 1. The number of nitrogens with zero attached hydrogens (tertiary/aromatic N) is 2. The SMILES string of the molecule is CCCOc1ccc(CN=C(NCC)NCC2CCCS2)cn1.I. The molecule has 2 heterocycles. The first kappa shape index (κ1) is 21.3. The molecule has 0 radical (unpaired) electrons. The van der Waals surface area contributed by atoms with Gasteiger partial charge in [0.25, 0.3) is 0 Å². The average molecular weight is 464 g/mol. The maximum Gasteiger partial charge on any atom is 0.213 e. The number of nitrogens with one attached hydrogen (secondary N) is 2. The summed E-state index contributed by atoms with van der Waals surface area (Å²) in [6.45, 7) is 7.35. The summed E-state index contributed by atoms with van der Waals surface area (Å²) in [5, 5.41) is 7.46. The van der Waals surface area contributed by atoms with Crippen molar-refractivity contribution in [3.05, 3.63) is 23.9 Å². The third kappa shape index (κ3) is 7.92. The van der Waals surface area contributed by atoms with Crippen molar-refractivity contribution in [2.45, 2.75) is 44.9 Å². The number of aromatic nitrogens is 1.